The molecule has 15 heteroatoms. The lowest BCUT2D eigenvalue weighted by Crippen LogP contribution is -2.09. The van der Waals surface area contributed by atoms with Crippen LogP contribution in [0.5, 0.6) is 86.2 Å². The van der Waals surface area contributed by atoms with Gasteiger partial charge in [0, 0.05) is 46.3 Å². The second-order valence-electron chi connectivity index (χ2n) is 39.3. The first-order valence-corrected chi connectivity index (χ1v) is 47.1. The van der Waals surface area contributed by atoms with Crippen LogP contribution in [0.25, 0.3) is 0 Å². The van der Waals surface area contributed by atoms with Crippen LogP contribution >= 0.6 is 0 Å². The van der Waals surface area contributed by atoms with Gasteiger partial charge in [-0.3, -0.25) is 0 Å². The standard InChI is InChI=1S/4C25H28O3.C24H26O3/c1-13-11-22(26)15(3)9-20(13)24(19-7-17(5)25(28)18(6)8-19)21-10-16(4)23(27)12-14(21)2;1-13-7-19(8-14(2)23(13)26)22(20-9-15(3)24(27)16(4)10-20)21-11-17(5)25(28)18(6)12-21;1-13-7-18(6)25(28)21(8-13)24(19-9-16(4)22(26)11-14(19)2)20-10-17(5)23(27)12-15(20)3;1-13-7-14(2)25(28)21(8-13)22(19-9-15(3)23(26)16(4)10-19)20-11-17(5)24(27)18(6)12-20;1-13-6-7-21(25)20(8-13)22(18-9-14(2)23(26)15(3)10-18)19-11-16(4)24(27)17(5)12-19/h7-12,24,26-28H,1-6H3;7-12,22,26-28H,1-6H3;7-12,24,26-28H,1-6H3;7-12,22,26-28H,1-6H3;6-12,22,25-27H,1-5H3. The maximum Gasteiger partial charge on any atom is 0.122 e. The monoisotopic (exact) mass is 1870 g/mol. The van der Waals surface area contributed by atoms with E-state index in [1.54, 1.807) is 30.3 Å². The summed E-state index contributed by atoms with van der Waals surface area (Å²) in [5.74, 6) is 3.59. The van der Waals surface area contributed by atoms with Crippen molar-refractivity contribution >= 4 is 0 Å². The van der Waals surface area contributed by atoms with Crippen molar-refractivity contribution in [3.63, 3.8) is 0 Å². The van der Waals surface area contributed by atoms with Crippen LogP contribution < -0.4 is 0 Å². The van der Waals surface area contributed by atoms with Crippen LogP contribution in [0, 0.1) is 201 Å². The third kappa shape index (κ3) is 22.8. The Morgan fingerprint density at radius 2 is 0.288 bits per heavy atom. The van der Waals surface area contributed by atoms with Crippen LogP contribution in [0.1, 0.15) is 274 Å². The van der Waals surface area contributed by atoms with Crippen molar-refractivity contribution in [3.05, 3.63) is 433 Å². The molecule has 0 saturated carbocycles. The number of phenols is 15. The van der Waals surface area contributed by atoms with E-state index >= 15 is 0 Å². The molecule has 139 heavy (non-hydrogen) atoms. The fraction of sp³-hybridized carbons (Fsp3) is 0.274. The molecule has 0 amide bonds. The predicted molar refractivity (Wildman–Crippen MR) is 564 cm³/mol. The first-order valence-electron chi connectivity index (χ1n) is 47.1. The van der Waals surface area contributed by atoms with Gasteiger partial charge >= 0.3 is 0 Å². The van der Waals surface area contributed by atoms with E-state index in [2.05, 4.69) is 0 Å². The zero-order valence-electron chi connectivity index (χ0n) is 86.0. The highest BCUT2D eigenvalue weighted by Gasteiger charge is 2.32. The van der Waals surface area contributed by atoms with Gasteiger partial charge in [0.05, 0.1) is 0 Å². The molecule has 0 bridgehead atoms. The Morgan fingerprint density at radius 1 is 0.115 bits per heavy atom. The van der Waals surface area contributed by atoms with Crippen molar-refractivity contribution in [1.29, 1.82) is 0 Å². The minimum Gasteiger partial charge on any atom is -0.508 e. The molecule has 724 valence electrons. The van der Waals surface area contributed by atoms with Crippen molar-refractivity contribution < 1.29 is 76.6 Å². The fourth-order valence-electron chi connectivity index (χ4n) is 19.8. The minimum atomic E-state index is -0.213. The maximum absolute atomic E-state index is 10.9. The Morgan fingerprint density at radius 3 is 0.511 bits per heavy atom. The molecule has 0 spiro atoms. The summed E-state index contributed by atoms with van der Waals surface area (Å²) < 4.78 is 0. The fourth-order valence-corrected chi connectivity index (χ4v) is 19.8. The van der Waals surface area contributed by atoms with E-state index in [9.17, 15) is 76.6 Å². The Kier molecular flexibility index (Phi) is 32.0. The lowest BCUT2D eigenvalue weighted by atomic mass is 9.79. The SMILES string of the molecule is Cc1cc(C(c2cc(C)c(O)c(C)c2)c2cc(C)c(O)c(C)c2)cc(C)c1O.Cc1cc(C(c2cc(C)c(O)c(C)c2)c2cc(C)c(O)cc2C)c(C)cc1O.Cc1cc(C)c(O)c(C(c2cc(C)c(O)c(C)c2)c2cc(C)c(O)c(C)c2)c1.Cc1cc(C)c(O)c(C(c2cc(C)c(O)cc2C)c2cc(C)c(O)cc2C)c1.Cc1ccc(O)c(C(c2cc(C)c(O)c(C)c2)c2cc(C)c(O)c(C)c2)c1. The van der Waals surface area contributed by atoms with Crippen molar-refractivity contribution in [2.75, 3.05) is 0 Å². The highest BCUT2D eigenvalue weighted by molar-refractivity contribution is 5.65. The van der Waals surface area contributed by atoms with Gasteiger partial charge in [-0.1, -0.05) is 174 Å². The van der Waals surface area contributed by atoms with Gasteiger partial charge in [-0.25, -0.2) is 0 Å². The molecule has 15 aromatic carbocycles. The molecule has 15 nitrogen and oxygen atoms in total. The summed E-state index contributed by atoms with van der Waals surface area (Å²) in [4.78, 5) is 0. The summed E-state index contributed by atoms with van der Waals surface area (Å²) in [5, 5.41) is 155. The van der Waals surface area contributed by atoms with Crippen molar-refractivity contribution in [3.8, 4) is 86.2 Å². The zero-order chi connectivity index (χ0) is 103. The van der Waals surface area contributed by atoms with Gasteiger partial charge in [0.15, 0.2) is 0 Å². The summed E-state index contributed by atoms with van der Waals surface area (Å²) in [6.45, 7) is 55.7. The van der Waals surface area contributed by atoms with Gasteiger partial charge < -0.3 is 76.6 Å². The van der Waals surface area contributed by atoms with Gasteiger partial charge in [-0.2, -0.15) is 0 Å². The molecule has 15 rings (SSSR count). The highest BCUT2D eigenvalue weighted by Crippen LogP contribution is 2.50. The summed E-state index contributed by atoms with van der Waals surface area (Å²) in [5.41, 5.74) is 40.1. The Labute approximate surface area is 821 Å². The molecule has 0 aromatic heterocycles. The van der Waals surface area contributed by atoms with Crippen LogP contribution in [0.3, 0.4) is 0 Å². The van der Waals surface area contributed by atoms with E-state index in [1.807, 2.05) is 359 Å². The third-order valence-corrected chi connectivity index (χ3v) is 27.4. The molecule has 0 atom stereocenters. The van der Waals surface area contributed by atoms with Gasteiger partial charge in [0.2, 0.25) is 0 Å². The molecule has 15 aromatic rings. The molecule has 0 aliphatic heterocycles. The van der Waals surface area contributed by atoms with Crippen LogP contribution in [0.15, 0.2) is 188 Å². The lowest BCUT2D eigenvalue weighted by molar-refractivity contribution is 0.461. The van der Waals surface area contributed by atoms with Crippen LogP contribution in [0.4, 0.5) is 0 Å². The van der Waals surface area contributed by atoms with Gasteiger partial charge in [-0.15, -0.1) is 0 Å². The summed E-state index contributed by atoms with van der Waals surface area (Å²) in [6, 6.07) is 60.7. The first kappa shape index (κ1) is 105. The number of hydrogen-bond donors (Lipinski definition) is 15. The largest absolute Gasteiger partial charge is 0.508 e. The molecule has 0 saturated heterocycles. The van der Waals surface area contributed by atoms with Gasteiger partial charge in [-0.05, 0) is 443 Å². The van der Waals surface area contributed by atoms with E-state index in [1.165, 1.54) is 0 Å². The number of hydrogen-bond acceptors (Lipinski definition) is 15. The Bertz CT molecular complexity index is 6710. The van der Waals surface area contributed by atoms with Crippen LogP contribution in [0.2, 0.25) is 0 Å². The quantitative estimate of drug-likeness (QED) is 0.0425. The van der Waals surface area contributed by atoms with Crippen molar-refractivity contribution in [2.45, 2.75) is 230 Å². The highest BCUT2D eigenvalue weighted by atomic mass is 16.3. The van der Waals surface area contributed by atoms with Gasteiger partial charge in [0.1, 0.15) is 86.2 Å². The van der Waals surface area contributed by atoms with E-state index in [-0.39, 0.29) is 69.8 Å². The Balaban J connectivity index is 0.000000166. The molecule has 0 aliphatic carbocycles. The topological polar surface area (TPSA) is 303 Å². The van der Waals surface area contributed by atoms with Crippen LogP contribution in [-0.2, 0) is 0 Å². The smallest absolute Gasteiger partial charge is 0.122 e. The first-order chi connectivity index (χ1) is 65.1. The maximum atomic E-state index is 10.9. The lowest BCUT2D eigenvalue weighted by Gasteiger charge is -2.26. The van der Waals surface area contributed by atoms with Crippen molar-refractivity contribution in [1.82, 2.24) is 0 Å². The summed E-state index contributed by atoms with van der Waals surface area (Å²) >= 11 is 0. The van der Waals surface area contributed by atoms with E-state index in [0.717, 1.165) is 245 Å². The predicted octanol–water partition coefficient (Wildman–Crippen LogP) is 28.9. The average Bonchev–Trinajstić information content (AvgIpc) is 0.771. The number of benzene rings is 15. The molecular formula is C124H138O15. The Hall–Kier alpha value is -14.7. The van der Waals surface area contributed by atoms with Crippen LogP contribution in [-0.4, -0.2) is 76.6 Å². The van der Waals surface area contributed by atoms with Crippen molar-refractivity contribution in [2.24, 2.45) is 0 Å². The molecule has 0 radical (unpaired) electrons. The molecule has 0 aliphatic rings. The number of phenolic OH excluding ortho intramolecular Hbond substituents is 15. The number of aryl methyl sites for hydroxylation is 29. The molecule has 0 fully saturated rings. The van der Waals surface area contributed by atoms with E-state index in [4.69, 9.17) is 0 Å². The van der Waals surface area contributed by atoms with E-state index < -0.39 is 0 Å². The average molecular weight is 1870 g/mol. The normalized spacial score (nSPS) is 11.2. The number of aromatic hydroxyl groups is 15. The number of rotatable bonds is 15. The molecular weight excluding hydrogens is 1730 g/mol. The summed E-state index contributed by atoms with van der Waals surface area (Å²) in [7, 11) is 0. The molecule has 0 unspecified atom stereocenters. The zero-order valence-corrected chi connectivity index (χ0v) is 86.0. The molecule has 0 heterocycles. The second kappa shape index (κ2) is 42.5. The van der Waals surface area contributed by atoms with Gasteiger partial charge in [0.25, 0.3) is 0 Å². The molecule has 15 N–H and O–H groups in total. The third-order valence-electron chi connectivity index (χ3n) is 27.4. The second-order valence-corrected chi connectivity index (χ2v) is 39.3. The summed E-state index contributed by atoms with van der Waals surface area (Å²) in [6.07, 6.45) is 0. The van der Waals surface area contributed by atoms with E-state index in [0.29, 0.717) is 46.0 Å². The minimum absolute atomic E-state index is 0.0726.